The number of ether oxygens (including phenoxy) is 1. The number of methoxy groups -OCH3 is 1. The summed E-state index contributed by atoms with van der Waals surface area (Å²) in [6.45, 7) is 7.18. The van der Waals surface area contributed by atoms with Crippen molar-refractivity contribution in [1.82, 2.24) is 4.98 Å². The van der Waals surface area contributed by atoms with Crippen LogP contribution in [0.5, 0.6) is 5.75 Å². The SMILES string of the molecule is COc1ccc(Cl)c2c(=O)c(C[NH+]3CC[NH+](C)CC3)c(C)[nH]c12. The van der Waals surface area contributed by atoms with Crippen molar-refractivity contribution < 1.29 is 14.5 Å². The van der Waals surface area contributed by atoms with E-state index < -0.39 is 0 Å². The van der Waals surface area contributed by atoms with E-state index in [1.165, 1.54) is 4.90 Å². The molecule has 1 aliphatic rings. The number of hydrogen-bond donors (Lipinski definition) is 3. The second-order valence-electron chi connectivity index (χ2n) is 6.44. The van der Waals surface area contributed by atoms with E-state index >= 15 is 0 Å². The average Bonchev–Trinajstić information content (AvgIpc) is 2.53. The average molecular weight is 338 g/mol. The van der Waals surface area contributed by atoms with Crippen LogP contribution >= 0.6 is 11.6 Å². The first kappa shape index (κ1) is 16.3. The van der Waals surface area contributed by atoms with Crippen LogP contribution in [0.1, 0.15) is 11.3 Å². The molecule has 0 spiro atoms. The Morgan fingerprint density at radius 1 is 1.26 bits per heavy atom. The number of aromatic nitrogens is 1. The zero-order chi connectivity index (χ0) is 16.6. The molecule has 0 aliphatic carbocycles. The van der Waals surface area contributed by atoms with Gasteiger partial charge in [-0.05, 0) is 19.1 Å². The van der Waals surface area contributed by atoms with Crippen molar-refractivity contribution in [2.24, 2.45) is 0 Å². The molecule has 0 saturated carbocycles. The molecule has 5 nitrogen and oxygen atoms in total. The van der Waals surface area contributed by atoms with E-state index in [0.29, 0.717) is 21.7 Å². The van der Waals surface area contributed by atoms with Crippen molar-refractivity contribution in [3.8, 4) is 5.75 Å². The molecule has 23 heavy (non-hydrogen) atoms. The smallest absolute Gasteiger partial charge is 0.200 e. The van der Waals surface area contributed by atoms with Gasteiger partial charge in [0.25, 0.3) is 0 Å². The highest BCUT2D eigenvalue weighted by molar-refractivity contribution is 6.35. The van der Waals surface area contributed by atoms with Crippen molar-refractivity contribution in [1.29, 1.82) is 0 Å². The molecule has 1 aromatic carbocycles. The minimum atomic E-state index is 0.0268. The summed E-state index contributed by atoms with van der Waals surface area (Å²) in [6, 6.07) is 3.51. The van der Waals surface area contributed by atoms with E-state index in [1.807, 2.05) is 6.92 Å². The molecule has 2 aromatic rings. The summed E-state index contributed by atoms with van der Waals surface area (Å²) in [6.07, 6.45) is 0. The molecule has 0 atom stereocenters. The Labute approximate surface area is 140 Å². The summed E-state index contributed by atoms with van der Waals surface area (Å²) >= 11 is 6.29. The number of halogens is 1. The van der Waals surface area contributed by atoms with Crippen LogP contribution in [0.2, 0.25) is 5.02 Å². The molecule has 1 aliphatic heterocycles. The van der Waals surface area contributed by atoms with Gasteiger partial charge in [-0.1, -0.05) is 11.6 Å². The number of piperazine rings is 1. The van der Waals surface area contributed by atoms with E-state index in [0.717, 1.165) is 44.0 Å². The molecular weight excluding hydrogens is 314 g/mol. The molecule has 3 rings (SSSR count). The number of aromatic amines is 1. The standard InChI is InChI=1S/C17H22ClN3O2/c1-11-12(10-21-8-6-20(2)7-9-21)17(22)15-13(18)4-5-14(23-3)16(15)19-11/h4-5H,6-10H2,1-3H3,(H,19,22)/p+2. The van der Waals surface area contributed by atoms with Gasteiger partial charge in [0.1, 0.15) is 38.5 Å². The van der Waals surface area contributed by atoms with Gasteiger partial charge < -0.3 is 19.5 Å². The molecule has 3 N–H and O–H groups in total. The second-order valence-corrected chi connectivity index (χ2v) is 6.85. The summed E-state index contributed by atoms with van der Waals surface area (Å²) in [5, 5.41) is 1.01. The van der Waals surface area contributed by atoms with Crippen LogP contribution in [0.3, 0.4) is 0 Å². The minimum Gasteiger partial charge on any atom is -0.495 e. The number of benzene rings is 1. The van der Waals surface area contributed by atoms with Crippen LogP contribution in [0.15, 0.2) is 16.9 Å². The molecule has 1 saturated heterocycles. The van der Waals surface area contributed by atoms with Crippen molar-refractivity contribution in [2.45, 2.75) is 13.5 Å². The number of H-pyrrole nitrogens is 1. The number of pyridine rings is 1. The maximum Gasteiger partial charge on any atom is 0.200 e. The summed E-state index contributed by atoms with van der Waals surface area (Å²) in [5.74, 6) is 0.645. The normalized spacial score (nSPS) is 21.6. The topological polar surface area (TPSA) is 51.0 Å². The third-order valence-corrected chi connectivity index (χ3v) is 5.15. The van der Waals surface area contributed by atoms with Crippen LogP contribution in [0.4, 0.5) is 0 Å². The second kappa shape index (κ2) is 6.51. The molecule has 0 bridgehead atoms. The Balaban J connectivity index is 2.05. The van der Waals surface area contributed by atoms with E-state index in [9.17, 15) is 4.79 Å². The maximum atomic E-state index is 13.0. The lowest BCUT2D eigenvalue weighted by Crippen LogP contribution is -3.26. The fraction of sp³-hybridized carbons (Fsp3) is 0.471. The lowest BCUT2D eigenvalue weighted by Gasteiger charge is -2.27. The summed E-state index contributed by atoms with van der Waals surface area (Å²) in [4.78, 5) is 19.3. The maximum absolute atomic E-state index is 13.0. The predicted molar refractivity (Wildman–Crippen MR) is 91.9 cm³/mol. The molecule has 1 aromatic heterocycles. The number of aryl methyl sites for hydroxylation is 1. The van der Waals surface area contributed by atoms with E-state index in [2.05, 4.69) is 12.0 Å². The van der Waals surface area contributed by atoms with E-state index in [-0.39, 0.29) is 5.43 Å². The van der Waals surface area contributed by atoms with Gasteiger partial charge in [0.2, 0.25) is 0 Å². The number of rotatable bonds is 3. The number of hydrogen-bond acceptors (Lipinski definition) is 2. The molecule has 1 fully saturated rings. The van der Waals surface area contributed by atoms with Gasteiger partial charge in [0.15, 0.2) is 5.43 Å². The Morgan fingerprint density at radius 3 is 2.61 bits per heavy atom. The quantitative estimate of drug-likeness (QED) is 0.701. The highest BCUT2D eigenvalue weighted by Crippen LogP contribution is 2.28. The van der Waals surface area contributed by atoms with Crippen LogP contribution in [-0.2, 0) is 6.54 Å². The Bertz CT molecular complexity index is 779. The van der Waals surface area contributed by atoms with Crippen LogP contribution in [-0.4, -0.2) is 45.3 Å². The lowest BCUT2D eigenvalue weighted by atomic mass is 10.1. The first-order chi connectivity index (χ1) is 11.0. The van der Waals surface area contributed by atoms with Gasteiger partial charge in [0, 0.05) is 5.69 Å². The van der Waals surface area contributed by atoms with Crippen molar-refractivity contribution >= 4 is 22.5 Å². The first-order valence-corrected chi connectivity index (χ1v) is 8.42. The lowest BCUT2D eigenvalue weighted by molar-refractivity contribution is -1.01. The minimum absolute atomic E-state index is 0.0268. The molecule has 2 heterocycles. The molecular formula is C17H24ClN3O2+2. The Kier molecular flexibility index (Phi) is 4.62. The third-order valence-electron chi connectivity index (χ3n) is 4.84. The van der Waals surface area contributed by atoms with Gasteiger partial charge in [-0.15, -0.1) is 0 Å². The number of likely N-dealkylation sites (N-methyl/N-ethyl adjacent to an activating group) is 1. The Morgan fingerprint density at radius 2 is 1.96 bits per heavy atom. The van der Waals surface area contributed by atoms with Gasteiger partial charge in [-0.2, -0.15) is 0 Å². The van der Waals surface area contributed by atoms with Crippen LogP contribution < -0.4 is 20.0 Å². The first-order valence-electron chi connectivity index (χ1n) is 8.04. The number of fused-ring (bicyclic) bond motifs is 1. The zero-order valence-corrected chi connectivity index (χ0v) is 14.6. The van der Waals surface area contributed by atoms with E-state index in [1.54, 1.807) is 24.1 Å². The van der Waals surface area contributed by atoms with Gasteiger partial charge in [-0.25, -0.2) is 0 Å². The van der Waals surface area contributed by atoms with Crippen molar-refractivity contribution in [3.63, 3.8) is 0 Å². The predicted octanol–water partition coefficient (Wildman–Crippen LogP) is -0.588. The third kappa shape index (κ3) is 3.09. The fourth-order valence-electron chi connectivity index (χ4n) is 3.33. The monoisotopic (exact) mass is 337 g/mol. The number of nitrogens with one attached hydrogen (secondary N) is 3. The highest BCUT2D eigenvalue weighted by atomic mass is 35.5. The van der Waals surface area contributed by atoms with Gasteiger partial charge in [-0.3, -0.25) is 4.79 Å². The summed E-state index contributed by atoms with van der Waals surface area (Å²) in [5.41, 5.74) is 2.45. The van der Waals surface area contributed by atoms with E-state index in [4.69, 9.17) is 16.3 Å². The molecule has 0 radical (unpaired) electrons. The van der Waals surface area contributed by atoms with Gasteiger partial charge in [0.05, 0.1) is 35.6 Å². The molecule has 0 unspecified atom stereocenters. The van der Waals surface area contributed by atoms with Crippen molar-refractivity contribution in [3.05, 3.63) is 38.6 Å². The van der Waals surface area contributed by atoms with Crippen LogP contribution in [0, 0.1) is 6.92 Å². The summed E-state index contributed by atoms with van der Waals surface area (Å²) in [7, 11) is 3.82. The fourth-order valence-corrected chi connectivity index (χ4v) is 3.57. The van der Waals surface area contributed by atoms with Crippen LogP contribution in [0.25, 0.3) is 10.9 Å². The highest BCUT2D eigenvalue weighted by Gasteiger charge is 2.23. The van der Waals surface area contributed by atoms with Gasteiger partial charge >= 0.3 is 0 Å². The molecule has 6 heteroatoms. The molecule has 0 amide bonds. The Hall–Kier alpha value is -1.56. The summed E-state index contributed by atoms with van der Waals surface area (Å²) < 4.78 is 5.36. The number of quaternary nitrogens is 2. The molecule has 124 valence electrons. The van der Waals surface area contributed by atoms with Crippen molar-refractivity contribution in [2.75, 3.05) is 40.3 Å². The zero-order valence-electron chi connectivity index (χ0n) is 13.9. The largest absolute Gasteiger partial charge is 0.495 e.